The first-order valence-corrected chi connectivity index (χ1v) is 7.37. The molecule has 2 aromatic carbocycles. The Morgan fingerprint density at radius 1 is 1.04 bits per heavy atom. The van der Waals surface area contributed by atoms with E-state index in [1.54, 1.807) is 12.1 Å². The maximum absolute atomic E-state index is 12.8. The summed E-state index contributed by atoms with van der Waals surface area (Å²) >= 11 is 0. The number of para-hydroxylation sites is 1. The lowest BCUT2D eigenvalue weighted by atomic mass is 9.98. The van der Waals surface area contributed by atoms with E-state index in [4.69, 9.17) is 4.74 Å². The van der Waals surface area contributed by atoms with Gasteiger partial charge in [-0.3, -0.25) is 19.5 Å². The Morgan fingerprint density at radius 3 is 2.35 bits per heavy atom. The van der Waals surface area contributed by atoms with Gasteiger partial charge in [0.25, 0.3) is 11.0 Å². The van der Waals surface area contributed by atoms with Crippen molar-refractivity contribution in [3.05, 3.63) is 66.8 Å². The van der Waals surface area contributed by atoms with Gasteiger partial charge in [-0.05, 0) is 18.6 Å². The molecule has 0 aliphatic heterocycles. The van der Waals surface area contributed by atoms with Gasteiger partial charge in [-0.2, -0.15) is 0 Å². The molecular formula is C17H16N2O4. The molecule has 0 atom stereocenters. The predicted octanol–water partition coefficient (Wildman–Crippen LogP) is 1.39. The molecule has 3 rings (SSSR count). The van der Waals surface area contributed by atoms with Gasteiger partial charge in [-0.1, -0.05) is 31.5 Å². The van der Waals surface area contributed by atoms with Crippen molar-refractivity contribution in [2.45, 2.75) is 19.8 Å². The molecule has 0 unspecified atom stereocenters. The van der Waals surface area contributed by atoms with Gasteiger partial charge in [-0.25, -0.2) is 4.68 Å². The molecule has 6 nitrogen and oxygen atoms in total. The Labute approximate surface area is 131 Å². The van der Waals surface area contributed by atoms with Crippen molar-refractivity contribution < 1.29 is 4.74 Å². The van der Waals surface area contributed by atoms with Gasteiger partial charge in [0.15, 0.2) is 5.75 Å². The smallest absolute Gasteiger partial charge is 0.279 e. The second kappa shape index (κ2) is 5.72. The third kappa shape index (κ3) is 2.23. The molecule has 0 saturated heterocycles. The van der Waals surface area contributed by atoms with Crippen molar-refractivity contribution in [2.75, 3.05) is 7.11 Å². The number of aromatic nitrogens is 2. The highest BCUT2D eigenvalue weighted by atomic mass is 16.5. The fraction of sp³-hybridized carbons (Fsp3) is 0.235. The average molecular weight is 312 g/mol. The molecule has 6 heteroatoms. The number of ether oxygens (including phenoxy) is 1. The summed E-state index contributed by atoms with van der Waals surface area (Å²) in [5.41, 5.74) is -0.100. The number of nitrogens with zero attached hydrogens (tertiary/aromatic N) is 1. The van der Waals surface area contributed by atoms with Gasteiger partial charge >= 0.3 is 0 Å². The molecule has 3 aromatic rings. The van der Waals surface area contributed by atoms with Crippen LogP contribution in [-0.4, -0.2) is 16.9 Å². The highest BCUT2D eigenvalue weighted by molar-refractivity contribution is 5.75. The number of H-pyrrole nitrogens is 1. The summed E-state index contributed by atoms with van der Waals surface area (Å²) in [4.78, 5) is 36.3. The molecule has 0 saturated carbocycles. The lowest BCUT2D eigenvalue weighted by molar-refractivity contribution is 0.407. The molecule has 1 aromatic heterocycles. The number of aromatic amines is 1. The van der Waals surface area contributed by atoms with Crippen LogP contribution >= 0.6 is 0 Å². The lowest BCUT2D eigenvalue weighted by Gasteiger charge is -2.08. The number of hydrogen-bond acceptors (Lipinski definition) is 4. The van der Waals surface area contributed by atoms with Crippen LogP contribution in [0.1, 0.15) is 19.0 Å². The van der Waals surface area contributed by atoms with Crippen LogP contribution in [0.4, 0.5) is 0 Å². The molecule has 0 spiro atoms. The van der Waals surface area contributed by atoms with Crippen LogP contribution in [0.5, 0.6) is 5.75 Å². The van der Waals surface area contributed by atoms with Crippen molar-refractivity contribution in [3.8, 4) is 22.6 Å². The first-order chi connectivity index (χ1) is 11.1. The van der Waals surface area contributed by atoms with Crippen molar-refractivity contribution in [2.24, 2.45) is 0 Å². The zero-order valence-corrected chi connectivity index (χ0v) is 12.9. The second-order valence-corrected chi connectivity index (χ2v) is 5.26. The Hall–Kier alpha value is -2.89. The minimum absolute atomic E-state index is 0.0383. The molecular weight excluding hydrogens is 296 g/mol. The molecule has 118 valence electrons. The second-order valence-electron chi connectivity index (χ2n) is 5.26. The number of nitrogens with one attached hydrogen (secondary N) is 1. The first-order valence-electron chi connectivity index (χ1n) is 7.37. The quantitative estimate of drug-likeness (QED) is 0.722. The van der Waals surface area contributed by atoms with E-state index in [9.17, 15) is 14.4 Å². The highest BCUT2D eigenvalue weighted by Crippen LogP contribution is 2.26. The highest BCUT2D eigenvalue weighted by Gasteiger charge is 2.29. The summed E-state index contributed by atoms with van der Waals surface area (Å²) in [7, 11) is 1.32. The fourth-order valence-electron chi connectivity index (χ4n) is 2.72. The molecule has 0 bridgehead atoms. The normalized spacial score (nSPS) is 11.0. The summed E-state index contributed by atoms with van der Waals surface area (Å²) in [6, 6.07) is 9.07. The minimum Gasteiger partial charge on any atom is -0.492 e. The molecule has 1 heterocycles. The van der Waals surface area contributed by atoms with Crippen LogP contribution in [0, 0.1) is 0 Å². The van der Waals surface area contributed by atoms with E-state index in [1.807, 2.05) is 25.1 Å². The van der Waals surface area contributed by atoms with E-state index in [0.717, 1.165) is 6.42 Å². The zero-order valence-electron chi connectivity index (χ0n) is 12.9. The van der Waals surface area contributed by atoms with E-state index >= 15 is 0 Å². The van der Waals surface area contributed by atoms with E-state index in [1.165, 1.54) is 11.8 Å². The van der Waals surface area contributed by atoms with Gasteiger partial charge in [-0.15, -0.1) is 0 Å². The SMILES string of the molecule is CCCc1[nH]n(-c2ccccc2)c(=O)c1-c1c(OC)c(=O)c1=O. The Morgan fingerprint density at radius 2 is 1.74 bits per heavy atom. The summed E-state index contributed by atoms with van der Waals surface area (Å²) in [5, 5.41) is 3.05. The van der Waals surface area contributed by atoms with Crippen molar-refractivity contribution in [3.63, 3.8) is 0 Å². The van der Waals surface area contributed by atoms with Crippen LogP contribution in [0.3, 0.4) is 0 Å². The van der Waals surface area contributed by atoms with E-state index in [-0.39, 0.29) is 22.4 Å². The molecule has 23 heavy (non-hydrogen) atoms. The summed E-state index contributed by atoms with van der Waals surface area (Å²) in [6.07, 6.45) is 1.38. The largest absolute Gasteiger partial charge is 0.492 e. The molecule has 0 aliphatic carbocycles. The van der Waals surface area contributed by atoms with Crippen LogP contribution in [0.25, 0.3) is 16.8 Å². The van der Waals surface area contributed by atoms with Crippen LogP contribution in [0.15, 0.2) is 44.7 Å². The Bertz CT molecular complexity index is 973. The van der Waals surface area contributed by atoms with Crippen molar-refractivity contribution >= 4 is 0 Å². The van der Waals surface area contributed by atoms with Gasteiger partial charge in [0.2, 0.25) is 5.43 Å². The maximum atomic E-state index is 12.8. The molecule has 0 fully saturated rings. The molecule has 0 aliphatic rings. The number of rotatable bonds is 5. The Balaban J connectivity index is 2.27. The van der Waals surface area contributed by atoms with Gasteiger partial charge in [0.1, 0.15) is 0 Å². The topological polar surface area (TPSA) is 81.2 Å². The third-order valence-corrected chi connectivity index (χ3v) is 3.80. The van der Waals surface area contributed by atoms with Crippen molar-refractivity contribution in [1.29, 1.82) is 0 Å². The maximum Gasteiger partial charge on any atom is 0.279 e. The van der Waals surface area contributed by atoms with Crippen LogP contribution in [0.2, 0.25) is 0 Å². The lowest BCUT2D eigenvalue weighted by Crippen LogP contribution is -2.35. The standard InChI is InChI=1S/C17H16N2O4/c1-3-7-11-12(13-14(20)15(21)16(13)23-2)17(22)19(18-11)10-8-5-4-6-9-10/h4-6,8-9,18H,3,7H2,1-2H3. The minimum atomic E-state index is -0.684. The van der Waals surface area contributed by atoms with E-state index in [2.05, 4.69) is 5.10 Å². The van der Waals surface area contributed by atoms with E-state index < -0.39 is 10.9 Å². The van der Waals surface area contributed by atoms with Crippen LogP contribution in [-0.2, 0) is 6.42 Å². The van der Waals surface area contributed by atoms with Gasteiger partial charge in [0, 0.05) is 5.69 Å². The number of methoxy groups -OCH3 is 1. The summed E-state index contributed by atoms with van der Waals surface area (Å²) in [6.45, 7) is 1.97. The Kier molecular flexibility index (Phi) is 3.73. The fourth-order valence-corrected chi connectivity index (χ4v) is 2.72. The van der Waals surface area contributed by atoms with E-state index in [0.29, 0.717) is 17.8 Å². The third-order valence-electron chi connectivity index (χ3n) is 3.80. The summed E-state index contributed by atoms with van der Waals surface area (Å²) < 4.78 is 6.37. The van der Waals surface area contributed by atoms with Gasteiger partial charge < -0.3 is 4.74 Å². The molecule has 0 amide bonds. The van der Waals surface area contributed by atoms with Crippen LogP contribution < -0.4 is 21.2 Å². The van der Waals surface area contributed by atoms with Gasteiger partial charge in [0.05, 0.1) is 23.9 Å². The predicted molar refractivity (Wildman–Crippen MR) is 87.3 cm³/mol. The zero-order chi connectivity index (χ0) is 16.6. The number of aryl methyl sites for hydroxylation is 1. The molecule has 1 N–H and O–H groups in total. The molecule has 0 radical (unpaired) electrons. The average Bonchev–Trinajstić information content (AvgIpc) is 2.89. The monoisotopic (exact) mass is 312 g/mol. The van der Waals surface area contributed by atoms with Crippen molar-refractivity contribution in [1.82, 2.24) is 9.78 Å². The number of hydrogen-bond donors (Lipinski definition) is 1. The summed E-state index contributed by atoms with van der Waals surface area (Å²) in [5.74, 6) is -0.0383. The first kappa shape index (κ1) is 15.0. The number of benzene rings is 1.